The fourth-order valence-electron chi connectivity index (χ4n) is 1.80. The summed E-state index contributed by atoms with van der Waals surface area (Å²) < 4.78 is 10.2. The number of hydrogen-bond donors (Lipinski definition) is 1. The Hall–Kier alpha value is -1.71. The summed E-state index contributed by atoms with van der Waals surface area (Å²) in [5.74, 6) is 0.248. The molecule has 0 spiro atoms. The van der Waals surface area contributed by atoms with Gasteiger partial charge < -0.3 is 15.2 Å². The number of hydrogen-bond acceptors (Lipinski definition) is 4. The normalized spacial score (nSPS) is 18.9. The van der Waals surface area contributed by atoms with Crippen LogP contribution in [0.1, 0.15) is 17.9 Å². The lowest BCUT2D eigenvalue weighted by Gasteiger charge is -2.24. The molecule has 1 heterocycles. The van der Waals surface area contributed by atoms with Gasteiger partial charge in [-0.25, -0.2) is 0 Å². The smallest absolute Gasteiger partial charge is 0.313 e. The van der Waals surface area contributed by atoms with Crippen molar-refractivity contribution < 1.29 is 14.3 Å². The average Bonchev–Trinajstić information content (AvgIpc) is 2.27. The Morgan fingerprint density at radius 2 is 2.40 bits per heavy atom. The molecule has 0 saturated carbocycles. The van der Waals surface area contributed by atoms with Gasteiger partial charge in [0.1, 0.15) is 5.75 Å². The number of nitrogens with two attached hydrogens (primary N) is 1. The molecule has 0 aliphatic carbocycles. The highest BCUT2D eigenvalue weighted by Gasteiger charge is 2.28. The number of rotatable bonds is 1. The number of carbonyl (C=O) groups is 1. The molecular weight excluding hydrogens is 194 g/mol. The van der Waals surface area contributed by atoms with Gasteiger partial charge in [0.15, 0.2) is 0 Å². The monoisotopic (exact) mass is 207 g/mol. The topological polar surface area (TPSA) is 61.5 Å². The van der Waals surface area contributed by atoms with Crippen LogP contribution in [0, 0.1) is 0 Å². The second-order valence-corrected chi connectivity index (χ2v) is 3.51. The zero-order chi connectivity index (χ0) is 10.8. The van der Waals surface area contributed by atoms with Gasteiger partial charge in [0.25, 0.3) is 0 Å². The Bertz CT molecular complexity index is 389. The van der Waals surface area contributed by atoms with E-state index in [9.17, 15) is 4.79 Å². The molecule has 1 unspecified atom stereocenters. The van der Waals surface area contributed by atoms with E-state index >= 15 is 0 Å². The molecule has 0 aromatic heterocycles. The fraction of sp³-hybridized carbons (Fsp3) is 0.364. The van der Waals surface area contributed by atoms with Crippen LogP contribution in [0.4, 0.5) is 5.69 Å². The van der Waals surface area contributed by atoms with Gasteiger partial charge in [0.05, 0.1) is 19.6 Å². The van der Waals surface area contributed by atoms with E-state index in [1.165, 1.54) is 7.11 Å². The Kier molecular flexibility index (Phi) is 2.49. The van der Waals surface area contributed by atoms with Crippen molar-refractivity contribution in [2.75, 3.05) is 19.5 Å². The SMILES string of the molecule is COC(=O)C1CCOc2ccc(N)cc21. The van der Waals surface area contributed by atoms with E-state index in [2.05, 4.69) is 0 Å². The number of benzene rings is 1. The van der Waals surface area contributed by atoms with E-state index < -0.39 is 0 Å². The van der Waals surface area contributed by atoms with Crippen LogP contribution in [0.15, 0.2) is 18.2 Å². The Morgan fingerprint density at radius 1 is 1.60 bits per heavy atom. The van der Waals surface area contributed by atoms with E-state index in [-0.39, 0.29) is 11.9 Å². The highest BCUT2D eigenvalue weighted by molar-refractivity contribution is 5.80. The summed E-state index contributed by atoms with van der Waals surface area (Å²) in [6.45, 7) is 0.538. The predicted octanol–water partition coefficient (Wildman–Crippen LogP) is 1.31. The summed E-state index contributed by atoms with van der Waals surface area (Å²) in [4.78, 5) is 11.5. The average molecular weight is 207 g/mol. The van der Waals surface area contributed by atoms with Crippen LogP contribution in [-0.2, 0) is 9.53 Å². The van der Waals surface area contributed by atoms with Gasteiger partial charge in [0.2, 0.25) is 0 Å². The van der Waals surface area contributed by atoms with Gasteiger partial charge in [-0.2, -0.15) is 0 Å². The van der Waals surface area contributed by atoms with Crippen molar-refractivity contribution in [3.05, 3.63) is 23.8 Å². The Balaban J connectivity index is 2.40. The minimum atomic E-state index is -0.248. The van der Waals surface area contributed by atoms with Crippen molar-refractivity contribution >= 4 is 11.7 Å². The minimum absolute atomic E-state index is 0.231. The summed E-state index contributed by atoms with van der Waals surface area (Å²) >= 11 is 0. The Labute approximate surface area is 88.0 Å². The molecule has 0 saturated heterocycles. The zero-order valence-corrected chi connectivity index (χ0v) is 8.53. The first kappa shape index (κ1) is 9.83. The summed E-state index contributed by atoms with van der Waals surface area (Å²) in [6, 6.07) is 5.33. The molecule has 1 aliphatic heterocycles. The molecule has 0 radical (unpaired) electrons. The highest BCUT2D eigenvalue weighted by Crippen LogP contribution is 2.35. The molecule has 1 atom stereocenters. The third-order valence-corrected chi connectivity index (χ3v) is 2.56. The first-order valence-corrected chi connectivity index (χ1v) is 4.82. The number of nitrogen functional groups attached to an aromatic ring is 1. The molecule has 1 aliphatic rings. The fourth-order valence-corrected chi connectivity index (χ4v) is 1.80. The van der Waals surface area contributed by atoms with Crippen molar-refractivity contribution in [1.82, 2.24) is 0 Å². The molecule has 4 nitrogen and oxygen atoms in total. The van der Waals surface area contributed by atoms with Crippen molar-refractivity contribution in [1.29, 1.82) is 0 Å². The van der Waals surface area contributed by atoms with Gasteiger partial charge in [-0.15, -0.1) is 0 Å². The highest BCUT2D eigenvalue weighted by atomic mass is 16.5. The molecular formula is C11H13NO3. The lowest BCUT2D eigenvalue weighted by Crippen LogP contribution is -2.22. The summed E-state index contributed by atoms with van der Waals surface area (Å²) in [5, 5.41) is 0. The van der Waals surface area contributed by atoms with Crippen molar-refractivity contribution in [3.63, 3.8) is 0 Å². The van der Waals surface area contributed by atoms with Gasteiger partial charge in [-0.05, 0) is 24.6 Å². The number of fused-ring (bicyclic) bond motifs is 1. The van der Waals surface area contributed by atoms with Gasteiger partial charge in [-0.1, -0.05) is 0 Å². The van der Waals surface area contributed by atoms with E-state index in [0.29, 0.717) is 18.7 Å². The van der Waals surface area contributed by atoms with Gasteiger partial charge in [-0.3, -0.25) is 4.79 Å². The summed E-state index contributed by atoms with van der Waals surface area (Å²) in [5.41, 5.74) is 7.14. The lowest BCUT2D eigenvalue weighted by atomic mass is 9.93. The second kappa shape index (κ2) is 3.81. The quantitative estimate of drug-likeness (QED) is 0.557. The summed E-state index contributed by atoms with van der Waals surface area (Å²) in [7, 11) is 1.39. The number of carbonyl (C=O) groups excluding carboxylic acids is 1. The molecule has 15 heavy (non-hydrogen) atoms. The molecule has 0 amide bonds. The maximum atomic E-state index is 11.5. The van der Waals surface area contributed by atoms with Crippen molar-refractivity contribution in [2.24, 2.45) is 0 Å². The first-order chi connectivity index (χ1) is 7.22. The predicted molar refractivity (Wildman–Crippen MR) is 55.7 cm³/mol. The van der Waals surface area contributed by atoms with Crippen LogP contribution in [-0.4, -0.2) is 19.7 Å². The third-order valence-electron chi connectivity index (χ3n) is 2.56. The van der Waals surface area contributed by atoms with Crippen LogP contribution in [0.2, 0.25) is 0 Å². The molecule has 0 fully saturated rings. The van der Waals surface area contributed by atoms with Crippen molar-refractivity contribution in [2.45, 2.75) is 12.3 Å². The molecule has 2 rings (SSSR count). The maximum Gasteiger partial charge on any atom is 0.313 e. The zero-order valence-electron chi connectivity index (χ0n) is 8.53. The molecule has 0 bridgehead atoms. The number of anilines is 1. The maximum absolute atomic E-state index is 11.5. The molecule has 80 valence electrons. The van der Waals surface area contributed by atoms with Crippen LogP contribution in [0.5, 0.6) is 5.75 Å². The minimum Gasteiger partial charge on any atom is -0.493 e. The first-order valence-electron chi connectivity index (χ1n) is 4.82. The number of ether oxygens (including phenoxy) is 2. The van der Waals surface area contributed by atoms with Crippen molar-refractivity contribution in [3.8, 4) is 5.75 Å². The molecule has 4 heteroatoms. The van der Waals surface area contributed by atoms with E-state index in [1.54, 1.807) is 18.2 Å². The second-order valence-electron chi connectivity index (χ2n) is 3.51. The van der Waals surface area contributed by atoms with E-state index in [0.717, 1.165) is 11.3 Å². The third kappa shape index (κ3) is 1.75. The largest absolute Gasteiger partial charge is 0.493 e. The lowest BCUT2D eigenvalue weighted by molar-refractivity contribution is -0.143. The number of methoxy groups -OCH3 is 1. The Morgan fingerprint density at radius 3 is 3.13 bits per heavy atom. The molecule has 2 N–H and O–H groups in total. The van der Waals surface area contributed by atoms with E-state index in [1.807, 2.05) is 0 Å². The van der Waals surface area contributed by atoms with Crippen LogP contribution < -0.4 is 10.5 Å². The van der Waals surface area contributed by atoms with Gasteiger partial charge in [0, 0.05) is 11.3 Å². The molecule has 1 aromatic carbocycles. The van der Waals surface area contributed by atoms with Gasteiger partial charge >= 0.3 is 5.97 Å². The van der Waals surface area contributed by atoms with E-state index in [4.69, 9.17) is 15.2 Å². The standard InChI is InChI=1S/C11H13NO3/c1-14-11(13)8-4-5-15-10-3-2-7(12)6-9(8)10/h2-3,6,8H,4-5,12H2,1H3. The van der Waals surface area contributed by atoms with Crippen LogP contribution in [0.3, 0.4) is 0 Å². The van der Waals surface area contributed by atoms with Crippen LogP contribution >= 0.6 is 0 Å². The van der Waals surface area contributed by atoms with Crippen LogP contribution in [0.25, 0.3) is 0 Å². The summed E-state index contributed by atoms with van der Waals surface area (Å²) in [6.07, 6.45) is 0.642. The number of esters is 1. The molecule has 1 aromatic rings.